The van der Waals surface area contributed by atoms with E-state index >= 15 is 0 Å². The Kier molecular flexibility index (Phi) is 5.24. The summed E-state index contributed by atoms with van der Waals surface area (Å²) in [6, 6.07) is 7.83. The molecule has 0 aliphatic heterocycles. The summed E-state index contributed by atoms with van der Waals surface area (Å²) < 4.78 is 5.76. The SMILES string of the molecule is CC(=O)Nc1ncnc(NC(C)COc2ccccc2C)n1. The van der Waals surface area contributed by atoms with Gasteiger partial charge in [-0.3, -0.25) is 10.1 Å². The van der Waals surface area contributed by atoms with Crippen LogP contribution in [0.5, 0.6) is 5.75 Å². The standard InChI is InChI=1S/C15H19N5O2/c1-10-6-4-5-7-13(10)22-8-11(2)18-14-16-9-17-15(20-14)19-12(3)21/h4-7,9,11H,8H2,1-3H3,(H2,16,17,18,19,20,21). The van der Waals surface area contributed by atoms with E-state index in [4.69, 9.17) is 4.74 Å². The summed E-state index contributed by atoms with van der Waals surface area (Å²) >= 11 is 0. The monoisotopic (exact) mass is 301 g/mol. The molecule has 0 aliphatic rings. The Labute approximate surface area is 129 Å². The Balaban J connectivity index is 1.90. The second kappa shape index (κ2) is 7.35. The fraction of sp³-hybridized carbons (Fsp3) is 0.333. The molecule has 2 aromatic rings. The lowest BCUT2D eigenvalue weighted by molar-refractivity contribution is -0.114. The number of amides is 1. The molecule has 2 rings (SSSR count). The van der Waals surface area contributed by atoms with E-state index in [1.165, 1.54) is 13.3 Å². The van der Waals surface area contributed by atoms with Gasteiger partial charge in [0.15, 0.2) is 0 Å². The van der Waals surface area contributed by atoms with Gasteiger partial charge in [-0.15, -0.1) is 0 Å². The molecule has 0 saturated heterocycles. The highest BCUT2D eigenvalue weighted by atomic mass is 16.5. The lowest BCUT2D eigenvalue weighted by Crippen LogP contribution is -2.25. The molecule has 0 saturated carbocycles. The molecular formula is C15H19N5O2. The quantitative estimate of drug-likeness (QED) is 0.848. The van der Waals surface area contributed by atoms with Crippen molar-refractivity contribution in [2.45, 2.75) is 26.8 Å². The molecule has 7 heteroatoms. The molecule has 1 atom stereocenters. The lowest BCUT2D eigenvalue weighted by atomic mass is 10.2. The molecule has 1 amide bonds. The zero-order valence-corrected chi connectivity index (χ0v) is 12.8. The van der Waals surface area contributed by atoms with Gasteiger partial charge in [-0.25, -0.2) is 9.97 Å². The Morgan fingerprint density at radius 1 is 1.27 bits per heavy atom. The number of nitrogens with zero attached hydrogens (tertiary/aromatic N) is 3. The maximum atomic E-state index is 11.0. The predicted octanol–water partition coefficient (Wildman–Crippen LogP) is 2.02. The summed E-state index contributed by atoms with van der Waals surface area (Å²) in [6.07, 6.45) is 1.34. The van der Waals surface area contributed by atoms with Gasteiger partial charge in [0.1, 0.15) is 18.7 Å². The Morgan fingerprint density at radius 2 is 2.00 bits per heavy atom. The smallest absolute Gasteiger partial charge is 0.234 e. The molecule has 0 aliphatic carbocycles. The van der Waals surface area contributed by atoms with Crippen LogP contribution in [-0.2, 0) is 4.79 Å². The van der Waals surface area contributed by atoms with E-state index in [1.807, 2.05) is 38.1 Å². The van der Waals surface area contributed by atoms with Crippen molar-refractivity contribution in [3.05, 3.63) is 36.2 Å². The summed E-state index contributed by atoms with van der Waals surface area (Å²) in [7, 11) is 0. The van der Waals surface area contributed by atoms with Gasteiger partial charge in [-0.05, 0) is 25.5 Å². The van der Waals surface area contributed by atoms with Crippen LogP contribution in [-0.4, -0.2) is 33.5 Å². The number of anilines is 2. The number of rotatable bonds is 6. The second-order valence-corrected chi connectivity index (χ2v) is 4.94. The van der Waals surface area contributed by atoms with E-state index in [0.29, 0.717) is 12.6 Å². The highest BCUT2D eigenvalue weighted by Crippen LogP contribution is 2.16. The molecule has 0 radical (unpaired) electrons. The molecule has 1 heterocycles. The van der Waals surface area contributed by atoms with Crippen molar-refractivity contribution >= 4 is 17.8 Å². The van der Waals surface area contributed by atoms with Gasteiger partial charge < -0.3 is 10.1 Å². The van der Waals surface area contributed by atoms with Crippen LogP contribution in [0.3, 0.4) is 0 Å². The molecule has 0 fully saturated rings. The first-order chi connectivity index (χ1) is 10.5. The molecule has 1 unspecified atom stereocenters. The first kappa shape index (κ1) is 15.7. The normalized spacial score (nSPS) is 11.6. The van der Waals surface area contributed by atoms with Crippen LogP contribution in [0.4, 0.5) is 11.9 Å². The topological polar surface area (TPSA) is 89.0 Å². The molecule has 0 bridgehead atoms. The summed E-state index contributed by atoms with van der Waals surface area (Å²) in [5.41, 5.74) is 1.09. The first-order valence-corrected chi connectivity index (χ1v) is 6.96. The number of hydrogen-bond acceptors (Lipinski definition) is 6. The van der Waals surface area contributed by atoms with Gasteiger partial charge >= 0.3 is 0 Å². The molecule has 1 aromatic carbocycles. The molecule has 1 aromatic heterocycles. The van der Waals surface area contributed by atoms with E-state index in [1.54, 1.807) is 0 Å². The fourth-order valence-electron chi connectivity index (χ4n) is 1.78. The summed E-state index contributed by atoms with van der Waals surface area (Å²) in [4.78, 5) is 23.0. The molecule has 0 spiro atoms. The maximum absolute atomic E-state index is 11.0. The third-order valence-electron chi connectivity index (χ3n) is 2.82. The highest BCUT2D eigenvalue weighted by Gasteiger charge is 2.08. The van der Waals surface area contributed by atoms with Crippen molar-refractivity contribution in [1.82, 2.24) is 15.0 Å². The average molecular weight is 301 g/mol. The summed E-state index contributed by atoms with van der Waals surface area (Å²) in [6.45, 7) is 5.82. The van der Waals surface area contributed by atoms with Crippen LogP contribution in [0.1, 0.15) is 19.4 Å². The van der Waals surface area contributed by atoms with Crippen molar-refractivity contribution in [1.29, 1.82) is 0 Å². The molecular weight excluding hydrogens is 282 g/mol. The number of para-hydroxylation sites is 1. The third-order valence-corrected chi connectivity index (χ3v) is 2.82. The number of nitrogens with one attached hydrogen (secondary N) is 2. The number of ether oxygens (including phenoxy) is 1. The fourth-order valence-corrected chi connectivity index (χ4v) is 1.78. The number of aryl methyl sites for hydroxylation is 1. The number of carbonyl (C=O) groups is 1. The van der Waals surface area contributed by atoms with Gasteiger partial charge in [0.2, 0.25) is 17.8 Å². The largest absolute Gasteiger partial charge is 0.491 e. The van der Waals surface area contributed by atoms with E-state index in [9.17, 15) is 4.79 Å². The van der Waals surface area contributed by atoms with Crippen LogP contribution < -0.4 is 15.4 Å². The van der Waals surface area contributed by atoms with E-state index in [0.717, 1.165) is 11.3 Å². The Bertz CT molecular complexity index is 647. The molecule has 116 valence electrons. The third kappa shape index (κ3) is 4.69. The van der Waals surface area contributed by atoms with Crippen molar-refractivity contribution < 1.29 is 9.53 Å². The van der Waals surface area contributed by atoms with Gasteiger partial charge in [0.05, 0.1) is 6.04 Å². The lowest BCUT2D eigenvalue weighted by Gasteiger charge is -2.16. The van der Waals surface area contributed by atoms with Gasteiger partial charge in [0, 0.05) is 6.92 Å². The highest BCUT2D eigenvalue weighted by molar-refractivity contribution is 5.86. The Morgan fingerprint density at radius 3 is 2.73 bits per heavy atom. The van der Waals surface area contributed by atoms with Crippen molar-refractivity contribution in [2.24, 2.45) is 0 Å². The maximum Gasteiger partial charge on any atom is 0.234 e. The average Bonchev–Trinajstić information content (AvgIpc) is 2.46. The molecule has 2 N–H and O–H groups in total. The van der Waals surface area contributed by atoms with Crippen LogP contribution in [0.2, 0.25) is 0 Å². The van der Waals surface area contributed by atoms with Crippen LogP contribution >= 0.6 is 0 Å². The van der Waals surface area contributed by atoms with Gasteiger partial charge in [-0.2, -0.15) is 4.98 Å². The van der Waals surface area contributed by atoms with Crippen molar-refractivity contribution in [3.63, 3.8) is 0 Å². The minimum atomic E-state index is -0.229. The predicted molar refractivity (Wildman–Crippen MR) is 83.9 cm³/mol. The number of benzene rings is 1. The Hall–Kier alpha value is -2.70. The summed E-state index contributed by atoms with van der Waals surface area (Å²) in [5.74, 6) is 1.23. The van der Waals surface area contributed by atoms with Crippen molar-refractivity contribution in [2.75, 3.05) is 17.2 Å². The summed E-state index contributed by atoms with van der Waals surface area (Å²) in [5, 5.41) is 5.62. The number of aromatic nitrogens is 3. The van der Waals surface area contributed by atoms with Gasteiger partial charge in [-0.1, -0.05) is 18.2 Å². The first-order valence-electron chi connectivity index (χ1n) is 6.96. The number of carbonyl (C=O) groups excluding carboxylic acids is 1. The zero-order chi connectivity index (χ0) is 15.9. The van der Waals surface area contributed by atoms with E-state index in [2.05, 4.69) is 25.6 Å². The second-order valence-electron chi connectivity index (χ2n) is 4.94. The van der Waals surface area contributed by atoms with Gasteiger partial charge in [0.25, 0.3) is 0 Å². The van der Waals surface area contributed by atoms with Crippen LogP contribution in [0.15, 0.2) is 30.6 Å². The zero-order valence-electron chi connectivity index (χ0n) is 12.8. The molecule has 7 nitrogen and oxygen atoms in total. The van der Waals surface area contributed by atoms with E-state index < -0.39 is 0 Å². The minimum Gasteiger partial charge on any atom is -0.491 e. The van der Waals surface area contributed by atoms with Crippen LogP contribution in [0.25, 0.3) is 0 Å². The minimum absolute atomic E-state index is 0.00724. The number of hydrogen-bond donors (Lipinski definition) is 2. The van der Waals surface area contributed by atoms with Crippen LogP contribution in [0, 0.1) is 6.92 Å². The van der Waals surface area contributed by atoms with Crippen molar-refractivity contribution in [3.8, 4) is 5.75 Å². The van der Waals surface area contributed by atoms with E-state index in [-0.39, 0.29) is 17.9 Å². The molecule has 22 heavy (non-hydrogen) atoms.